The van der Waals surface area contributed by atoms with E-state index in [1.807, 2.05) is 26.8 Å². The number of hydrogen-bond donors (Lipinski definition) is 1. The van der Waals surface area contributed by atoms with Crippen molar-refractivity contribution in [1.29, 1.82) is 0 Å². The molecule has 0 unspecified atom stereocenters. The molecule has 6 nitrogen and oxygen atoms in total. The SMILES string of the molecule is COc1ccc(C(C)C)cc1S(=O)(=O)N1CCC[C@@H](C(=O)Nc2cccc(Cl)c2C)C1. The standard InChI is InChI=1S/C23H29ClN2O4S/c1-15(2)17-10-11-21(30-4)22(13-17)31(28,29)26-12-6-7-18(14-26)23(27)25-20-9-5-8-19(24)16(20)3/h5,8-11,13,15,18H,6-7,12,14H2,1-4H3,(H,25,27)/t18-/m1/s1. The van der Waals surface area contributed by atoms with Crippen molar-refractivity contribution in [3.8, 4) is 5.75 Å². The van der Waals surface area contributed by atoms with Crippen LogP contribution in [0.15, 0.2) is 41.3 Å². The Morgan fingerprint density at radius 3 is 2.68 bits per heavy atom. The molecule has 3 rings (SSSR count). The van der Waals surface area contributed by atoms with Crippen molar-refractivity contribution >= 4 is 33.2 Å². The van der Waals surface area contributed by atoms with Gasteiger partial charge in [0.05, 0.1) is 13.0 Å². The van der Waals surface area contributed by atoms with E-state index in [9.17, 15) is 13.2 Å². The number of nitrogens with one attached hydrogen (secondary N) is 1. The van der Waals surface area contributed by atoms with Crippen LogP contribution in [-0.4, -0.2) is 38.8 Å². The second kappa shape index (κ2) is 9.59. The number of halogens is 1. The summed E-state index contributed by atoms with van der Waals surface area (Å²) in [5, 5.41) is 3.48. The monoisotopic (exact) mass is 464 g/mol. The van der Waals surface area contributed by atoms with Crippen LogP contribution >= 0.6 is 11.6 Å². The minimum atomic E-state index is -3.81. The predicted molar refractivity (Wildman–Crippen MR) is 123 cm³/mol. The molecular formula is C23H29ClN2O4S. The molecule has 0 aliphatic carbocycles. The summed E-state index contributed by atoms with van der Waals surface area (Å²) < 4.78 is 33.7. The van der Waals surface area contributed by atoms with Crippen molar-refractivity contribution in [2.75, 3.05) is 25.5 Å². The Bertz CT molecular complexity index is 1070. The van der Waals surface area contributed by atoms with Crippen molar-refractivity contribution < 1.29 is 17.9 Å². The van der Waals surface area contributed by atoms with Crippen molar-refractivity contribution in [3.63, 3.8) is 0 Å². The predicted octanol–water partition coefficient (Wildman–Crippen LogP) is 4.82. The molecule has 0 aromatic heterocycles. The number of ether oxygens (including phenoxy) is 1. The van der Waals surface area contributed by atoms with Crippen LogP contribution in [0.3, 0.4) is 0 Å². The summed E-state index contributed by atoms with van der Waals surface area (Å²) in [6.45, 7) is 6.36. The molecule has 8 heteroatoms. The maximum atomic E-state index is 13.5. The van der Waals surface area contributed by atoms with Crippen LogP contribution in [0.1, 0.15) is 43.7 Å². The Balaban J connectivity index is 1.83. The van der Waals surface area contributed by atoms with Gasteiger partial charge >= 0.3 is 0 Å². The van der Waals surface area contributed by atoms with Gasteiger partial charge in [-0.2, -0.15) is 4.31 Å². The summed E-state index contributed by atoms with van der Waals surface area (Å²) in [6.07, 6.45) is 1.23. The average molecular weight is 465 g/mol. The number of carbonyl (C=O) groups is 1. The molecule has 0 bridgehead atoms. The normalized spacial score (nSPS) is 17.5. The second-order valence-corrected chi connectivity index (χ2v) is 10.5. The fraction of sp³-hybridized carbons (Fsp3) is 0.435. The number of benzene rings is 2. The van der Waals surface area contributed by atoms with Crippen LogP contribution in [0, 0.1) is 12.8 Å². The zero-order chi connectivity index (χ0) is 22.8. The van der Waals surface area contributed by atoms with E-state index in [0.717, 1.165) is 11.1 Å². The maximum Gasteiger partial charge on any atom is 0.246 e. The van der Waals surface area contributed by atoms with Crippen molar-refractivity contribution in [2.45, 2.75) is 44.4 Å². The maximum absolute atomic E-state index is 13.5. The molecule has 1 N–H and O–H groups in total. The number of anilines is 1. The van der Waals surface area contributed by atoms with E-state index in [-0.39, 0.29) is 23.3 Å². The Labute approximate surface area is 189 Å². The van der Waals surface area contributed by atoms with Gasteiger partial charge in [-0.05, 0) is 61.1 Å². The summed E-state index contributed by atoms with van der Waals surface area (Å²) in [7, 11) is -2.35. The van der Waals surface area contributed by atoms with Gasteiger partial charge in [0, 0.05) is 23.8 Å². The lowest BCUT2D eigenvalue weighted by molar-refractivity contribution is -0.120. The van der Waals surface area contributed by atoms with Gasteiger partial charge in [-0.15, -0.1) is 0 Å². The molecule has 31 heavy (non-hydrogen) atoms. The molecule has 1 aliphatic heterocycles. The van der Waals surface area contributed by atoms with E-state index in [1.165, 1.54) is 11.4 Å². The first kappa shape index (κ1) is 23.6. The van der Waals surface area contributed by atoms with Crippen LogP contribution < -0.4 is 10.1 Å². The number of nitrogens with zero attached hydrogens (tertiary/aromatic N) is 1. The average Bonchev–Trinajstić information content (AvgIpc) is 2.76. The lowest BCUT2D eigenvalue weighted by Crippen LogP contribution is -2.43. The highest BCUT2D eigenvalue weighted by atomic mass is 35.5. The Morgan fingerprint density at radius 2 is 2.00 bits per heavy atom. The topological polar surface area (TPSA) is 75.7 Å². The van der Waals surface area contributed by atoms with Crippen LogP contribution in [0.2, 0.25) is 5.02 Å². The fourth-order valence-corrected chi connectivity index (χ4v) is 5.63. The first-order valence-electron chi connectivity index (χ1n) is 10.4. The van der Waals surface area contributed by atoms with E-state index < -0.39 is 15.9 Å². The fourth-order valence-electron chi connectivity index (χ4n) is 3.75. The van der Waals surface area contributed by atoms with E-state index in [4.69, 9.17) is 16.3 Å². The van der Waals surface area contributed by atoms with Crippen LogP contribution in [0.25, 0.3) is 0 Å². The summed E-state index contributed by atoms with van der Waals surface area (Å²) >= 11 is 6.15. The molecule has 1 aliphatic rings. The molecule has 1 saturated heterocycles. The van der Waals surface area contributed by atoms with Gasteiger partial charge in [-0.25, -0.2) is 8.42 Å². The van der Waals surface area contributed by atoms with Gasteiger partial charge in [0.1, 0.15) is 10.6 Å². The zero-order valence-electron chi connectivity index (χ0n) is 18.3. The van der Waals surface area contributed by atoms with Gasteiger partial charge in [0.25, 0.3) is 0 Å². The molecule has 1 fully saturated rings. The lowest BCUT2D eigenvalue weighted by Gasteiger charge is -2.31. The molecular weight excluding hydrogens is 436 g/mol. The molecule has 0 radical (unpaired) electrons. The molecule has 2 aromatic carbocycles. The minimum Gasteiger partial charge on any atom is -0.495 e. The highest BCUT2D eigenvalue weighted by molar-refractivity contribution is 7.89. The number of carbonyl (C=O) groups excluding carboxylic acids is 1. The van der Waals surface area contributed by atoms with Gasteiger partial charge in [0.2, 0.25) is 15.9 Å². The quantitative estimate of drug-likeness (QED) is 0.664. The van der Waals surface area contributed by atoms with Crippen LogP contribution in [0.4, 0.5) is 5.69 Å². The highest BCUT2D eigenvalue weighted by Crippen LogP contribution is 2.33. The highest BCUT2D eigenvalue weighted by Gasteiger charge is 2.35. The van der Waals surface area contributed by atoms with Gasteiger partial charge in [-0.3, -0.25) is 4.79 Å². The Morgan fingerprint density at radius 1 is 1.26 bits per heavy atom. The molecule has 1 heterocycles. The van der Waals surface area contributed by atoms with Gasteiger partial charge in [-0.1, -0.05) is 37.6 Å². The first-order chi connectivity index (χ1) is 14.6. The largest absolute Gasteiger partial charge is 0.495 e. The van der Waals surface area contributed by atoms with Crippen molar-refractivity contribution in [1.82, 2.24) is 4.31 Å². The number of hydrogen-bond acceptors (Lipinski definition) is 4. The summed E-state index contributed by atoms with van der Waals surface area (Å²) in [4.78, 5) is 13.1. The third-order valence-electron chi connectivity index (χ3n) is 5.75. The summed E-state index contributed by atoms with van der Waals surface area (Å²) in [6, 6.07) is 10.6. The van der Waals surface area contributed by atoms with E-state index >= 15 is 0 Å². The molecule has 1 amide bonds. The number of rotatable bonds is 6. The molecule has 1 atom stereocenters. The molecule has 0 spiro atoms. The summed E-state index contributed by atoms with van der Waals surface area (Å²) in [5.41, 5.74) is 2.35. The number of sulfonamides is 1. The van der Waals surface area contributed by atoms with Crippen molar-refractivity contribution in [2.24, 2.45) is 5.92 Å². The van der Waals surface area contributed by atoms with Crippen molar-refractivity contribution in [3.05, 3.63) is 52.5 Å². The van der Waals surface area contributed by atoms with E-state index in [2.05, 4.69) is 5.32 Å². The first-order valence-corrected chi connectivity index (χ1v) is 12.2. The van der Waals surface area contributed by atoms with Gasteiger partial charge < -0.3 is 10.1 Å². The summed E-state index contributed by atoms with van der Waals surface area (Å²) in [5.74, 6) is -0.152. The van der Waals surface area contributed by atoms with Gasteiger partial charge in [0.15, 0.2) is 0 Å². The van der Waals surface area contributed by atoms with Crippen LogP contribution in [0.5, 0.6) is 5.75 Å². The Kier molecular flexibility index (Phi) is 7.29. The molecule has 2 aromatic rings. The second-order valence-electron chi connectivity index (χ2n) is 8.17. The Hall–Kier alpha value is -2.09. The lowest BCUT2D eigenvalue weighted by atomic mass is 9.98. The third kappa shape index (κ3) is 5.05. The minimum absolute atomic E-state index is 0.128. The van der Waals surface area contributed by atoms with Crippen LogP contribution in [-0.2, 0) is 14.8 Å². The number of amides is 1. The number of piperidine rings is 1. The third-order valence-corrected chi connectivity index (χ3v) is 8.05. The van der Waals surface area contributed by atoms with E-state index in [1.54, 1.807) is 30.3 Å². The zero-order valence-corrected chi connectivity index (χ0v) is 19.9. The molecule has 168 valence electrons. The molecule has 0 saturated carbocycles. The number of methoxy groups -OCH3 is 1. The smallest absolute Gasteiger partial charge is 0.246 e. The van der Waals surface area contributed by atoms with E-state index in [0.29, 0.717) is 35.8 Å².